The topological polar surface area (TPSA) is 24.5 Å². The minimum absolute atomic E-state index is 0.141. The summed E-state index contributed by atoms with van der Waals surface area (Å²) in [4.78, 5) is 1.50. The molecule has 1 fully saturated rings. The molecule has 0 saturated carbocycles. The molecule has 0 aromatic heterocycles. The van der Waals surface area contributed by atoms with Crippen molar-refractivity contribution in [3.63, 3.8) is 0 Å². The average Bonchev–Trinajstić information content (AvgIpc) is 2.30. The zero-order valence-electron chi connectivity index (χ0n) is 11.8. The predicted molar refractivity (Wildman–Crippen MR) is 69.2 cm³/mol. The third kappa shape index (κ3) is 6.58. The van der Waals surface area contributed by atoms with Gasteiger partial charge < -0.3 is 10.1 Å². The van der Waals surface area contributed by atoms with Gasteiger partial charge in [0.05, 0.1) is 13.2 Å². The summed E-state index contributed by atoms with van der Waals surface area (Å²) in [6.07, 6.45) is -2.52. The third-order valence-electron chi connectivity index (χ3n) is 3.38. The third-order valence-corrected chi connectivity index (χ3v) is 3.38. The number of ether oxygens (including phenoxy) is 1. The van der Waals surface area contributed by atoms with E-state index in [-0.39, 0.29) is 12.0 Å². The Kier molecular flexibility index (Phi) is 7.10. The van der Waals surface area contributed by atoms with Crippen LogP contribution in [0.15, 0.2) is 0 Å². The molecule has 0 spiro atoms. The van der Waals surface area contributed by atoms with Gasteiger partial charge in [0.15, 0.2) is 0 Å². The molecular weight excluding hydrogens is 257 g/mol. The summed E-state index contributed by atoms with van der Waals surface area (Å²) < 4.78 is 43.0. The first-order chi connectivity index (χ1) is 8.96. The van der Waals surface area contributed by atoms with Crippen molar-refractivity contribution in [1.82, 2.24) is 10.2 Å². The Labute approximate surface area is 113 Å². The van der Waals surface area contributed by atoms with Crippen LogP contribution < -0.4 is 5.32 Å². The Balaban J connectivity index is 2.54. The predicted octanol–water partition coefficient (Wildman–Crippen LogP) is 2.28. The summed E-state index contributed by atoms with van der Waals surface area (Å²) in [6, 6.07) is 0.270. The molecule has 114 valence electrons. The first kappa shape index (κ1) is 16.7. The Bertz CT molecular complexity index is 247. The van der Waals surface area contributed by atoms with Gasteiger partial charge in [-0.15, -0.1) is 0 Å². The molecule has 3 nitrogen and oxygen atoms in total. The van der Waals surface area contributed by atoms with Crippen molar-refractivity contribution in [2.24, 2.45) is 5.92 Å². The van der Waals surface area contributed by atoms with E-state index in [9.17, 15) is 13.2 Å². The highest BCUT2D eigenvalue weighted by atomic mass is 19.4. The minimum Gasteiger partial charge on any atom is -0.381 e. The molecule has 0 amide bonds. The second-order valence-corrected chi connectivity index (χ2v) is 5.14. The fourth-order valence-electron chi connectivity index (χ4n) is 2.64. The number of nitrogens with one attached hydrogen (secondary N) is 1. The van der Waals surface area contributed by atoms with E-state index in [1.807, 2.05) is 13.8 Å². The van der Waals surface area contributed by atoms with Gasteiger partial charge in [0.25, 0.3) is 0 Å². The molecule has 1 rings (SSSR count). The number of rotatable bonds is 7. The number of alkyl halides is 3. The molecule has 0 radical (unpaired) electrons. The molecular formula is C13H25F3N2O. The standard InChI is InChI=1S/C13H25F3N2O/c1-3-6-18(10-13(14,15)16)8-11-9-19-7-5-12(11)17-4-2/h11-12,17H,3-10H2,1-2H3. The van der Waals surface area contributed by atoms with Crippen LogP contribution >= 0.6 is 0 Å². The van der Waals surface area contributed by atoms with E-state index in [0.717, 1.165) is 19.4 Å². The van der Waals surface area contributed by atoms with Crippen LogP contribution in [0.25, 0.3) is 0 Å². The van der Waals surface area contributed by atoms with Crippen LogP contribution in [0.5, 0.6) is 0 Å². The lowest BCUT2D eigenvalue weighted by atomic mass is 9.95. The summed E-state index contributed by atoms with van der Waals surface area (Å²) >= 11 is 0. The first-order valence-electron chi connectivity index (χ1n) is 7.06. The summed E-state index contributed by atoms with van der Waals surface area (Å²) in [6.45, 7) is 6.12. The number of hydrogen-bond donors (Lipinski definition) is 1. The highest BCUT2D eigenvalue weighted by Gasteiger charge is 2.33. The summed E-state index contributed by atoms with van der Waals surface area (Å²) in [5, 5.41) is 3.36. The normalized spacial score (nSPS) is 24.9. The Morgan fingerprint density at radius 2 is 2.05 bits per heavy atom. The van der Waals surface area contributed by atoms with Crippen LogP contribution in [0, 0.1) is 5.92 Å². The van der Waals surface area contributed by atoms with E-state index in [1.54, 1.807) is 0 Å². The van der Waals surface area contributed by atoms with Gasteiger partial charge in [-0.25, -0.2) is 0 Å². The van der Waals surface area contributed by atoms with Gasteiger partial charge in [-0.2, -0.15) is 13.2 Å². The highest BCUT2D eigenvalue weighted by Crippen LogP contribution is 2.21. The molecule has 0 aromatic rings. The van der Waals surface area contributed by atoms with E-state index in [4.69, 9.17) is 4.74 Å². The number of halogens is 3. The molecule has 1 saturated heterocycles. The van der Waals surface area contributed by atoms with Crippen LogP contribution in [-0.4, -0.2) is 56.5 Å². The quantitative estimate of drug-likeness (QED) is 0.775. The molecule has 19 heavy (non-hydrogen) atoms. The Morgan fingerprint density at radius 3 is 2.63 bits per heavy atom. The van der Waals surface area contributed by atoms with Gasteiger partial charge in [-0.1, -0.05) is 13.8 Å². The zero-order chi connectivity index (χ0) is 14.3. The molecule has 2 unspecified atom stereocenters. The zero-order valence-corrected chi connectivity index (χ0v) is 11.8. The Morgan fingerprint density at radius 1 is 1.32 bits per heavy atom. The van der Waals surface area contributed by atoms with Gasteiger partial charge in [0, 0.05) is 25.1 Å². The minimum atomic E-state index is -4.13. The maximum atomic E-state index is 12.5. The van der Waals surface area contributed by atoms with Crippen LogP contribution in [0.2, 0.25) is 0 Å². The smallest absolute Gasteiger partial charge is 0.381 e. The average molecular weight is 282 g/mol. The highest BCUT2D eigenvalue weighted by molar-refractivity contribution is 4.82. The van der Waals surface area contributed by atoms with Gasteiger partial charge >= 0.3 is 6.18 Å². The largest absolute Gasteiger partial charge is 0.401 e. The summed E-state index contributed by atoms with van der Waals surface area (Å²) in [7, 11) is 0. The van der Waals surface area contributed by atoms with Crippen molar-refractivity contribution in [2.75, 3.05) is 39.4 Å². The molecule has 1 N–H and O–H groups in total. The van der Waals surface area contributed by atoms with Crippen molar-refractivity contribution in [3.8, 4) is 0 Å². The molecule has 0 aliphatic carbocycles. The lowest BCUT2D eigenvalue weighted by Gasteiger charge is -2.36. The first-order valence-corrected chi connectivity index (χ1v) is 7.06. The fourth-order valence-corrected chi connectivity index (χ4v) is 2.64. The Hall–Kier alpha value is -0.330. The molecule has 1 heterocycles. The molecule has 1 aliphatic heterocycles. The van der Waals surface area contributed by atoms with Gasteiger partial charge in [0.1, 0.15) is 0 Å². The van der Waals surface area contributed by atoms with Crippen LogP contribution in [0.1, 0.15) is 26.7 Å². The van der Waals surface area contributed by atoms with Crippen LogP contribution in [-0.2, 0) is 4.74 Å². The lowest BCUT2D eigenvalue weighted by molar-refractivity contribution is -0.149. The molecule has 0 aromatic carbocycles. The second kappa shape index (κ2) is 8.07. The fraction of sp³-hybridized carbons (Fsp3) is 1.00. The van der Waals surface area contributed by atoms with Crippen molar-refractivity contribution in [2.45, 2.75) is 38.9 Å². The number of hydrogen-bond acceptors (Lipinski definition) is 3. The van der Waals surface area contributed by atoms with Crippen LogP contribution in [0.3, 0.4) is 0 Å². The monoisotopic (exact) mass is 282 g/mol. The summed E-state index contributed by atoms with van der Waals surface area (Å²) in [5.41, 5.74) is 0. The van der Waals surface area contributed by atoms with E-state index in [0.29, 0.717) is 26.3 Å². The van der Waals surface area contributed by atoms with Crippen molar-refractivity contribution in [3.05, 3.63) is 0 Å². The number of nitrogens with zero attached hydrogens (tertiary/aromatic N) is 1. The van der Waals surface area contributed by atoms with Crippen molar-refractivity contribution in [1.29, 1.82) is 0 Å². The molecule has 0 bridgehead atoms. The van der Waals surface area contributed by atoms with E-state index >= 15 is 0 Å². The second-order valence-electron chi connectivity index (χ2n) is 5.14. The maximum Gasteiger partial charge on any atom is 0.401 e. The molecule has 2 atom stereocenters. The van der Waals surface area contributed by atoms with Gasteiger partial charge in [-0.05, 0) is 25.9 Å². The van der Waals surface area contributed by atoms with Crippen molar-refractivity contribution >= 4 is 0 Å². The SMILES string of the molecule is CCCN(CC1COCCC1NCC)CC(F)(F)F. The van der Waals surface area contributed by atoms with E-state index in [2.05, 4.69) is 5.32 Å². The van der Waals surface area contributed by atoms with Gasteiger partial charge in [-0.3, -0.25) is 4.90 Å². The van der Waals surface area contributed by atoms with E-state index < -0.39 is 12.7 Å². The van der Waals surface area contributed by atoms with E-state index in [1.165, 1.54) is 4.90 Å². The molecule has 1 aliphatic rings. The summed E-state index contributed by atoms with van der Waals surface area (Å²) in [5.74, 6) is 0.141. The van der Waals surface area contributed by atoms with Gasteiger partial charge in [0.2, 0.25) is 0 Å². The van der Waals surface area contributed by atoms with Crippen molar-refractivity contribution < 1.29 is 17.9 Å². The van der Waals surface area contributed by atoms with Crippen LogP contribution in [0.4, 0.5) is 13.2 Å². The maximum absolute atomic E-state index is 12.5. The molecule has 6 heteroatoms. The lowest BCUT2D eigenvalue weighted by Crippen LogP contribution is -2.49.